The molecule has 0 aliphatic rings. The van der Waals surface area contributed by atoms with Gasteiger partial charge < -0.3 is 21.1 Å². The number of aliphatic hydroxyl groups excluding tert-OH is 1. The molecule has 0 radical (unpaired) electrons. The van der Waals surface area contributed by atoms with E-state index >= 15 is 0 Å². The summed E-state index contributed by atoms with van der Waals surface area (Å²) in [6, 6.07) is 10.8. The van der Waals surface area contributed by atoms with E-state index in [4.69, 9.17) is 11.5 Å². The molecule has 3 heterocycles. The summed E-state index contributed by atoms with van der Waals surface area (Å²) in [6.45, 7) is 3.69. The zero-order valence-corrected chi connectivity index (χ0v) is 18.5. The second-order valence-corrected chi connectivity index (χ2v) is 7.81. The van der Waals surface area contributed by atoms with E-state index in [1.165, 1.54) is 10.9 Å². The van der Waals surface area contributed by atoms with E-state index in [9.17, 15) is 14.7 Å². The van der Waals surface area contributed by atoms with Gasteiger partial charge in [-0.3, -0.25) is 9.59 Å². The van der Waals surface area contributed by atoms with Crippen LogP contribution in [0, 0.1) is 0 Å². The Labute approximate surface area is 190 Å². The molecule has 0 saturated carbocycles. The molecule has 1 amide bonds. The maximum atomic E-state index is 13.0. The molecule has 0 fully saturated rings. The summed E-state index contributed by atoms with van der Waals surface area (Å²) >= 11 is 0. The highest BCUT2D eigenvalue weighted by Crippen LogP contribution is 2.32. The van der Waals surface area contributed by atoms with Crippen molar-refractivity contribution in [3.05, 3.63) is 70.5 Å². The molecule has 9 heteroatoms. The number of hydrogen-bond acceptors (Lipinski definition) is 6. The highest BCUT2D eigenvalue weighted by molar-refractivity contribution is 5.99. The topological polar surface area (TPSA) is 142 Å². The zero-order valence-electron chi connectivity index (χ0n) is 18.5. The number of pyridine rings is 1. The quantitative estimate of drug-likeness (QED) is 0.398. The first kappa shape index (κ1) is 22.2. The van der Waals surface area contributed by atoms with Crippen LogP contribution in [0.1, 0.15) is 42.4 Å². The monoisotopic (exact) mass is 446 g/mol. The molecular weight excluding hydrogens is 420 g/mol. The first-order valence-electron chi connectivity index (χ1n) is 10.8. The minimum atomic E-state index is -0.808. The molecule has 4 rings (SSSR count). The van der Waals surface area contributed by atoms with Crippen LogP contribution in [-0.4, -0.2) is 36.8 Å². The number of hydrogen-bond donors (Lipinski definition) is 3. The lowest BCUT2D eigenvalue weighted by Crippen LogP contribution is -2.33. The molecule has 9 nitrogen and oxygen atoms in total. The Kier molecular flexibility index (Phi) is 5.97. The Hall–Kier alpha value is -3.98. The van der Waals surface area contributed by atoms with Gasteiger partial charge >= 0.3 is 0 Å². The predicted molar refractivity (Wildman–Crippen MR) is 127 cm³/mol. The minimum Gasteiger partial charge on any atom is -0.394 e. The van der Waals surface area contributed by atoms with Gasteiger partial charge in [0, 0.05) is 23.0 Å². The lowest BCUT2D eigenvalue weighted by Gasteiger charge is -2.18. The van der Waals surface area contributed by atoms with Crippen LogP contribution in [0.5, 0.6) is 0 Å². The van der Waals surface area contributed by atoms with Crippen LogP contribution in [0.4, 0.5) is 5.82 Å². The van der Waals surface area contributed by atoms with Crippen molar-refractivity contribution in [2.24, 2.45) is 5.73 Å². The molecule has 0 saturated heterocycles. The number of aromatic nitrogens is 4. The van der Waals surface area contributed by atoms with E-state index in [0.717, 1.165) is 28.8 Å². The number of aliphatic hydroxyl groups is 1. The number of aryl methyl sites for hydroxylation is 1. The molecule has 0 spiro atoms. The number of carbonyl (C=O) groups is 1. The smallest absolute Gasteiger partial charge is 0.264 e. The van der Waals surface area contributed by atoms with Gasteiger partial charge in [-0.1, -0.05) is 38.1 Å². The molecule has 0 bridgehead atoms. The summed E-state index contributed by atoms with van der Waals surface area (Å²) in [5.74, 6) is -0.421. The first-order valence-corrected chi connectivity index (χ1v) is 10.8. The van der Waals surface area contributed by atoms with E-state index < -0.39 is 17.5 Å². The summed E-state index contributed by atoms with van der Waals surface area (Å²) in [4.78, 5) is 29.3. The van der Waals surface area contributed by atoms with Crippen molar-refractivity contribution in [2.45, 2.75) is 32.7 Å². The fourth-order valence-electron chi connectivity index (χ4n) is 4.16. The van der Waals surface area contributed by atoms with Crippen LogP contribution in [-0.2, 0) is 6.42 Å². The average Bonchev–Trinajstić information content (AvgIpc) is 3.20. The van der Waals surface area contributed by atoms with Gasteiger partial charge in [-0.25, -0.2) is 9.50 Å². The largest absolute Gasteiger partial charge is 0.394 e. The molecule has 1 aromatic carbocycles. The normalized spacial score (nSPS) is 12.2. The molecule has 0 aliphatic heterocycles. The minimum absolute atomic E-state index is 0.0996. The molecule has 3 aromatic heterocycles. The predicted octanol–water partition coefficient (Wildman–Crippen LogP) is 2.41. The van der Waals surface area contributed by atoms with E-state index in [1.807, 2.05) is 44.2 Å². The number of rotatable bonds is 7. The van der Waals surface area contributed by atoms with Crippen LogP contribution in [0.25, 0.3) is 27.8 Å². The second-order valence-electron chi connectivity index (χ2n) is 7.81. The number of benzene rings is 1. The van der Waals surface area contributed by atoms with Gasteiger partial charge in [0.05, 0.1) is 12.6 Å². The Morgan fingerprint density at radius 2 is 1.79 bits per heavy atom. The fraction of sp³-hybridized carbons (Fsp3) is 0.250. The summed E-state index contributed by atoms with van der Waals surface area (Å²) in [5.41, 5.74) is 15.8. The third-order valence-electron chi connectivity index (χ3n) is 5.97. The molecule has 170 valence electrons. The van der Waals surface area contributed by atoms with Gasteiger partial charge in [0.15, 0.2) is 5.82 Å². The summed E-state index contributed by atoms with van der Waals surface area (Å²) < 4.78 is 3.15. The van der Waals surface area contributed by atoms with Crippen molar-refractivity contribution in [1.29, 1.82) is 0 Å². The van der Waals surface area contributed by atoms with Crippen molar-refractivity contribution in [1.82, 2.24) is 19.2 Å². The molecule has 0 unspecified atom stereocenters. The number of carbonyl (C=O) groups excluding carboxylic acids is 1. The Bertz CT molecular complexity index is 1380. The summed E-state index contributed by atoms with van der Waals surface area (Å²) in [6.07, 6.45) is 4.35. The molecule has 5 N–H and O–H groups in total. The Balaban J connectivity index is 1.82. The maximum Gasteiger partial charge on any atom is 0.264 e. The molecule has 0 aliphatic carbocycles. The number of amides is 1. The molecule has 1 atom stereocenters. The van der Waals surface area contributed by atoms with Crippen molar-refractivity contribution in [2.75, 3.05) is 12.3 Å². The van der Waals surface area contributed by atoms with Crippen molar-refractivity contribution < 1.29 is 9.90 Å². The van der Waals surface area contributed by atoms with Crippen LogP contribution >= 0.6 is 0 Å². The Morgan fingerprint density at radius 1 is 1.12 bits per heavy atom. The van der Waals surface area contributed by atoms with E-state index in [0.29, 0.717) is 23.4 Å². The second kappa shape index (κ2) is 8.87. The molecule has 33 heavy (non-hydrogen) atoms. The van der Waals surface area contributed by atoms with Crippen LogP contribution in [0.15, 0.2) is 53.7 Å². The summed E-state index contributed by atoms with van der Waals surface area (Å²) in [7, 11) is 0. The van der Waals surface area contributed by atoms with Gasteiger partial charge in [-0.05, 0) is 36.1 Å². The number of nitrogens with zero attached hydrogens (tertiary/aromatic N) is 4. The third-order valence-corrected chi connectivity index (χ3v) is 5.97. The molecule has 4 aromatic rings. The third kappa shape index (κ3) is 3.76. The lowest BCUT2D eigenvalue weighted by molar-refractivity contribution is 0.0998. The average molecular weight is 447 g/mol. The zero-order chi connectivity index (χ0) is 23.7. The highest BCUT2D eigenvalue weighted by atomic mass is 16.3. The van der Waals surface area contributed by atoms with E-state index in [1.54, 1.807) is 16.8 Å². The number of anilines is 1. The van der Waals surface area contributed by atoms with Gasteiger partial charge in [0.1, 0.15) is 17.4 Å². The van der Waals surface area contributed by atoms with Crippen LogP contribution in [0.2, 0.25) is 0 Å². The number of primary amides is 1. The maximum absolute atomic E-state index is 13.0. The van der Waals surface area contributed by atoms with E-state index in [-0.39, 0.29) is 12.2 Å². The standard InChI is InChI=1S/C24H26N6O3/c1-3-16-11-19(21-22(25)27-13-28-30(16)21)15-7-5-14(6-8-15)18-9-10-29(17(4-2)12-31)24(33)20(18)23(26)32/h5-11,13,17,31H,3-4,12H2,1-2H3,(H2,26,32)(H2,25,27,28)/t17-/m1/s1. The fourth-order valence-corrected chi connectivity index (χ4v) is 4.16. The SMILES string of the molecule is CCc1cc(-c2ccc(-c3ccn([C@H](CC)CO)c(=O)c3C(N)=O)cc2)c2c(N)ncnn12. The Morgan fingerprint density at radius 3 is 2.36 bits per heavy atom. The van der Waals surface area contributed by atoms with Crippen molar-refractivity contribution in [3.63, 3.8) is 0 Å². The summed E-state index contributed by atoms with van der Waals surface area (Å²) in [5, 5.41) is 13.9. The lowest BCUT2D eigenvalue weighted by atomic mass is 9.97. The van der Waals surface area contributed by atoms with Crippen LogP contribution < -0.4 is 17.0 Å². The van der Waals surface area contributed by atoms with Gasteiger partial charge in [-0.2, -0.15) is 5.10 Å². The molecular formula is C24H26N6O3. The number of nitrogens with two attached hydrogens (primary N) is 2. The van der Waals surface area contributed by atoms with Gasteiger partial charge in [-0.15, -0.1) is 0 Å². The highest BCUT2D eigenvalue weighted by Gasteiger charge is 2.20. The van der Waals surface area contributed by atoms with Crippen molar-refractivity contribution in [3.8, 4) is 22.3 Å². The van der Waals surface area contributed by atoms with Crippen LogP contribution in [0.3, 0.4) is 0 Å². The van der Waals surface area contributed by atoms with Crippen molar-refractivity contribution >= 4 is 17.2 Å². The van der Waals surface area contributed by atoms with Gasteiger partial charge in [0.25, 0.3) is 11.5 Å². The van der Waals surface area contributed by atoms with Gasteiger partial charge in [0.2, 0.25) is 0 Å². The first-order chi connectivity index (χ1) is 15.9. The number of fused-ring (bicyclic) bond motifs is 1. The van der Waals surface area contributed by atoms with E-state index in [2.05, 4.69) is 10.1 Å². The number of nitrogen functional groups attached to an aromatic ring is 1.